The van der Waals surface area contributed by atoms with Crippen molar-refractivity contribution < 1.29 is 4.48 Å². The summed E-state index contributed by atoms with van der Waals surface area (Å²) in [6.45, 7) is 25.2. The average molecular weight is 652 g/mol. The zero-order valence-electron chi connectivity index (χ0n) is 29.3. The topological polar surface area (TPSA) is 67.0 Å². The number of hydrogen-bond donors (Lipinski definition) is 4. The largest absolute Gasteiger partial charge is 0.383 e. The van der Waals surface area contributed by atoms with E-state index < -0.39 is 0 Å². The highest BCUT2D eigenvalue weighted by atomic mass is 19.2. The number of aryl methyl sites for hydroxylation is 1. The zero-order valence-corrected chi connectivity index (χ0v) is 29.3. The fraction of sp³-hybridized carbons (Fsp3) is 0.425. The van der Waals surface area contributed by atoms with Crippen molar-refractivity contribution in [3.8, 4) is 0 Å². The van der Waals surface area contributed by atoms with Gasteiger partial charge in [-0.15, -0.1) is 4.48 Å². The Morgan fingerprint density at radius 1 is 1.02 bits per heavy atom. The molecule has 1 fully saturated rings. The number of halogens is 1. The van der Waals surface area contributed by atoms with Crippen molar-refractivity contribution in [1.29, 1.82) is 0 Å². The molecule has 256 valence electrons. The molecule has 4 N–H and O–H groups in total. The Bertz CT molecular complexity index is 1550. The van der Waals surface area contributed by atoms with E-state index in [0.29, 0.717) is 19.0 Å². The second kappa shape index (κ2) is 16.2. The highest BCUT2D eigenvalue weighted by Gasteiger charge is 2.36. The maximum Gasteiger partial charge on any atom is 0.173 e. The van der Waals surface area contributed by atoms with Gasteiger partial charge < -0.3 is 20.4 Å². The van der Waals surface area contributed by atoms with Gasteiger partial charge in [0.15, 0.2) is 5.84 Å². The SMILES string of the molecule is C=C(NCCNC(=C)c1ccc(CNF)cc1)C1=NNC(c2cc(C(C)C)ccc2C)N1C1C=CC(CC2CCN(C(=C)C)CC2)=CC1. The van der Waals surface area contributed by atoms with Crippen molar-refractivity contribution in [3.05, 3.63) is 125 Å². The summed E-state index contributed by atoms with van der Waals surface area (Å²) in [6.07, 6.45) is 11.6. The number of amidine groups is 1. The van der Waals surface area contributed by atoms with Crippen molar-refractivity contribution in [2.45, 2.75) is 78.0 Å². The van der Waals surface area contributed by atoms with Gasteiger partial charge in [0, 0.05) is 37.6 Å². The van der Waals surface area contributed by atoms with Crippen LogP contribution in [0.2, 0.25) is 0 Å². The van der Waals surface area contributed by atoms with Crippen LogP contribution in [0.15, 0.2) is 102 Å². The van der Waals surface area contributed by atoms with Crippen LogP contribution < -0.4 is 21.6 Å². The predicted octanol–water partition coefficient (Wildman–Crippen LogP) is 7.56. The number of benzene rings is 2. The smallest absolute Gasteiger partial charge is 0.173 e. The second-order valence-electron chi connectivity index (χ2n) is 13.8. The van der Waals surface area contributed by atoms with E-state index in [4.69, 9.17) is 5.10 Å². The summed E-state index contributed by atoms with van der Waals surface area (Å²) in [5.74, 6) is 1.99. The van der Waals surface area contributed by atoms with Gasteiger partial charge in [-0.3, -0.25) is 5.43 Å². The van der Waals surface area contributed by atoms with E-state index in [1.807, 2.05) is 24.3 Å². The average Bonchev–Trinajstić information content (AvgIpc) is 3.53. The minimum atomic E-state index is -0.0956. The Labute approximate surface area is 287 Å². The van der Waals surface area contributed by atoms with Gasteiger partial charge in [0.25, 0.3) is 0 Å². The molecule has 1 aliphatic carbocycles. The number of nitrogens with zero attached hydrogens (tertiary/aromatic N) is 3. The van der Waals surface area contributed by atoms with Crippen LogP contribution in [0.1, 0.15) is 86.4 Å². The molecule has 2 heterocycles. The van der Waals surface area contributed by atoms with Crippen LogP contribution in [-0.2, 0) is 6.54 Å². The maximum atomic E-state index is 12.4. The number of likely N-dealkylation sites (tertiary alicyclic amines) is 1. The van der Waals surface area contributed by atoms with Gasteiger partial charge in [0.05, 0.1) is 18.3 Å². The third-order valence-corrected chi connectivity index (χ3v) is 9.92. The summed E-state index contributed by atoms with van der Waals surface area (Å²) in [5, 5.41) is 11.8. The van der Waals surface area contributed by atoms with E-state index in [-0.39, 0.29) is 18.8 Å². The normalized spacial score (nSPS) is 19.5. The second-order valence-corrected chi connectivity index (χ2v) is 13.8. The molecule has 0 amide bonds. The molecule has 2 aromatic carbocycles. The molecule has 3 aliphatic rings. The first kappa shape index (κ1) is 35.0. The van der Waals surface area contributed by atoms with E-state index in [2.05, 4.69) is 110 Å². The first-order chi connectivity index (χ1) is 23.1. The lowest BCUT2D eigenvalue weighted by molar-refractivity contribution is 0.226. The van der Waals surface area contributed by atoms with E-state index in [0.717, 1.165) is 60.2 Å². The molecule has 0 saturated carbocycles. The molecule has 0 spiro atoms. The van der Waals surface area contributed by atoms with Crippen LogP contribution in [0.3, 0.4) is 0 Å². The molecule has 48 heavy (non-hydrogen) atoms. The maximum absolute atomic E-state index is 12.4. The molecule has 2 aromatic rings. The Morgan fingerprint density at radius 2 is 1.73 bits per heavy atom. The molecular formula is C40H54FN7. The highest BCUT2D eigenvalue weighted by molar-refractivity contribution is 5.98. The van der Waals surface area contributed by atoms with E-state index in [1.54, 1.807) is 5.54 Å². The molecule has 5 rings (SSSR count). The number of piperidine rings is 1. The minimum Gasteiger partial charge on any atom is -0.383 e. The third-order valence-electron chi connectivity index (χ3n) is 9.92. The van der Waals surface area contributed by atoms with Crippen molar-refractivity contribution >= 4 is 11.5 Å². The van der Waals surface area contributed by atoms with Crippen molar-refractivity contribution in [2.24, 2.45) is 11.0 Å². The van der Waals surface area contributed by atoms with E-state index in [9.17, 15) is 4.48 Å². The molecule has 8 heteroatoms. The number of hydrogen-bond acceptors (Lipinski definition) is 7. The Morgan fingerprint density at radius 3 is 2.35 bits per heavy atom. The molecule has 0 aromatic heterocycles. The summed E-state index contributed by atoms with van der Waals surface area (Å²) in [6, 6.07) is 14.6. The molecule has 0 bridgehead atoms. The lowest BCUT2D eigenvalue weighted by Crippen LogP contribution is -2.44. The minimum absolute atomic E-state index is 0.0956. The summed E-state index contributed by atoms with van der Waals surface area (Å²) in [7, 11) is 0. The fourth-order valence-electron chi connectivity index (χ4n) is 6.84. The number of nitrogens with one attached hydrogen (secondary N) is 4. The lowest BCUT2D eigenvalue weighted by atomic mass is 9.87. The van der Waals surface area contributed by atoms with Gasteiger partial charge in [-0.1, -0.05) is 99.9 Å². The van der Waals surface area contributed by atoms with Gasteiger partial charge in [0.2, 0.25) is 0 Å². The molecule has 0 radical (unpaired) electrons. The summed E-state index contributed by atoms with van der Waals surface area (Å²) < 4.78 is 12.4. The van der Waals surface area contributed by atoms with Crippen LogP contribution in [0, 0.1) is 12.8 Å². The van der Waals surface area contributed by atoms with Gasteiger partial charge in [-0.25, -0.2) is 0 Å². The lowest BCUT2D eigenvalue weighted by Gasteiger charge is -2.36. The summed E-state index contributed by atoms with van der Waals surface area (Å²) in [4.78, 5) is 4.81. The van der Waals surface area contributed by atoms with Crippen molar-refractivity contribution in [3.63, 3.8) is 0 Å². The Hall–Kier alpha value is -4.30. The molecule has 2 aliphatic heterocycles. The predicted molar refractivity (Wildman–Crippen MR) is 198 cm³/mol. The van der Waals surface area contributed by atoms with Crippen LogP contribution >= 0.6 is 0 Å². The van der Waals surface area contributed by atoms with Crippen LogP contribution in [-0.4, -0.2) is 47.9 Å². The van der Waals surface area contributed by atoms with Crippen LogP contribution in [0.4, 0.5) is 4.48 Å². The van der Waals surface area contributed by atoms with E-state index >= 15 is 0 Å². The van der Waals surface area contributed by atoms with E-state index in [1.165, 1.54) is 40.8 Å². The van der Waals surface area contributed by atoms with Gasteiger partial charge in [-0.2, -0.15) is 10.6 Å². The van der Waals surface area contributed by atoms with Gasteiger partial charge >= 0.3 is 0 Å². The van der Waals surface area contributed by atoms with Crippen molar-refractivity contribution in [1.82, 2.24) is 31.4 Å². The Kier molecular flexibility index (Phi) is 11.8. The van der Waals surface area contributed by atoms with Crippen LogP contribution in [0.25, 0.3) is 5.70 Å². The first-order valence-corrected chi connectivity index (χ1v) is 17.4. The highest BCUT2D eigenvalue weighted by Crippen LogP contribution is 2.35. The zero-order chi connectivity index (χ0) is 34.2. The third kappa shape index (κ3) is 8.58. The van der Waals surface area contributed by atoms with Crippen LogP contribution in [0.5, 0.6) is 0 Å². The molecular weight excluding hydrogens is 597 g/mol. The number of allylic oxidation sites excluding steroid dienone is 3. The summed E-state index contributed by atoms with van der Waals surface area (Å²) in [5.41, 5.74) is 15.1. The Balaban J connectivity index is 1.24. The van der Waals surface area contributed by atoms with Gasteiger partial charge in [0.1, 0.15) is 6.17 Å². The molecule has 2 unspecified atom stereocenters. The standard InChI is InChI=1S/C40H54FN7/c1-27(2)36-13-8-29(5)38(25-36)40-46-45-39(31(7)43-21-20-42-30(6)35-14-9-34(10-15-35)26-44-41)48(40)37-16-11-32(12-17-37)24-33-18-22-47(23-19-33)28(3)4/h8-16,25,27,33,37,40,42-44,46H,3,6-7,17-24,26H2,1-2,4-5H3. The molecule has 1 saturated heterocycles. The quantitative estimate of drug-likeness (QED) is 0.118. The molecule has 7 nitrogen and oxygen atoms in total. The van der Waals surface area contributed by atoms with Crippen molar-refractivity contribution in [2.75, 3.05) is 26.2 Å². The monoisotopic (exact) mass is 651 g/mol. The number of rotatable bonds is 15. The summed E-state index contributed by atoms with van der Waals surface area (Å²) >= 11 is 0. The fourth-order valence-corrected chi connectivity index (χ4v) is 6.84. The molecule has 2 atom stereocenters. The number of hydrazone groups is 1. The van der Waals surface area contributed by atoms with Gasteiger partial charge in [-0.05, 0) is 79.2 Å². The first-order valence-electron chi connectivity index (χ1n) is 17.4.